The van der Waals surface area contributed by atoms with E-state index in [-0.39, 0.29) is 5.56 Å². The Balaban J connectivity index is 3.05. The Bertz CT molecular complexity index is 315. The number of rotatable bonds is 3. The normalized spacial score (nSPS) is 14.9. The van der Waals surface area contributed by atoms with Gasteiger partial charge in [-0.05, 0) is 25.1 Å². The van der Waals surface area contributed by atoms with E-state index in [1.807, 2.05) is 0 Å². The molecule has 4 heteroatoms. The minimum Gasteiger partial charge on any atom is -0.497 e. The van der Waals surface area contributed by atoms with Gasteiger partial charge in [0.25, 0.3) is 0 Å². The average Bonchev–Trinajstić information content (AvgIpc) is 2.17. The summed E-state index contributed by atoms with van der Waals surface area (Å²) in [6.07, 6.45) is -0.795. The second kappa shape index (κ2) is 4.39. The Morgan fingerprint density at radius 2 is 2.14 bits per heavy atom. The van der Waals surface area contributed by atoms with Crippen LogP contribution >= 0.6 is 0 Å². The predicted octanol–water partition coefficient (Wildman–Crippen LogP) is 1.21. The molecule has 3 N–H and O–H groups in total. The van der Waals surface area contributed by atoms with Crippen LogP contribution in [0.15, 0.2) is 18.2 Å². The van der Waals surface area contributed by atoms with E-state index >= 15 is 0 Å². The molecule has 0 bridgehead atoms. The van der Waals surface area contributed by atoms with Crippen LogP contribution in [0.3, 0.4) is 0 Å². The smallest absolute Gasteiger partial charge is 0.128 e. The Kier molecular flexibility index (Phi) is 3.43. The van der Waals surface area contributed by atoms with Gasteiger partial charge in [-0.3, -0.25) is 0 Å². The highest BCUT2D eigenvalue weighted by molar-refractivity contribution is 5.32. The highest BCUT2D eigenvalue weighted by atomic mass is 19.1. The molecule has 0 radical (unpaired) electrons. The van der Waals surface area contributed by atoms with Crippen molar-refractivity contribution in [2.24, 2.45) is 5.73 Å². The summed E-state index contributed by atoms with van der Waals surface area (Å²) >= 11 is 0. The lowest BCUT2D eigenvalue weighted by Gasteiger charge is -2.16. The van der Waals surface area contributed by atoms with Crippen molar-refractivity contribution in [3.63, 3.8) is 0 Å². The number of benzene rings is 1. The third-order valence-corrected chi connectivity index (χ3v) is 2.08. The van der Waals surface area contributed by atoms with Crippen molar-refractivity contribution in [3.05, 3.63) is 29.6 Å². The van der Waals surface area contributed by atoms with Crippen LogP contribution in [-0.4, -0.2) is 18.3 Å². The number of aliphatic hydroxyl groups excluding tert-OH is 1. The minimum atomic E-state index is -0.795. The number of hydrogen-bond acceptors (Lipinski definition) is 3. The van der Waals surface area contributed by atoms with E-state index in [4.69, 9.17) is 10.5 Å². The molecule has 3 nitrogen and oxygen atoms in total. The second-order valence-electron chi connectivity index (χ2n) is 3.15. The molecule has 1 unspecified atom stereocenters. The molecule has 2 atom stereocenters. The fraction of sp³-hybridized carbons (Fsp3) is 0.400. The Morgan fingerprint density at radius 1 is 1.50 bits per heavy atom. The molecule has 0 aliphatic rings. The van der Waals surface area contributed by atoms with Crippen LogP contribution in [0.25, 0.3) is 0 Å². The summed E-state index contributed by atoms with van der Waals surface area (Å²) in [5.41, 5.74) is 5.88. The highest BCUT2D eigenvalue weighted by Crippen LogP contribution is 2.22. The predicted molar refractivity (Wildman–Crippen MR) is 51.6 cm³/mol. The summed E-state index contributed by atoms with van der Waals surface area (Å²) < 4.78 is 18.2. The number of halogens is 1. The topological polar surface area (TPSA) is 55.5 Å². The third kappa shape index (κ3) is 2.21. The number of hydrogen-bond donors (Lipinski definition) is 2. The van der Waals surface area contributed by atoms with E-state index in [0.29, 0.717) is 5.75 Å². The molecule has 1 aromatic rings. The first-order valence-corrected chi connectivity index (χ1v) is 4.33. The first-order chi connectivity index (χ1) is 6.56. The van der Waals surface area contributed by atoms with Gasteiger partial charge in [0.1, 0.15) is 11.6 Å². The fourth-order valence-electron chi connectivity index (χ4n) is 1.16. The van der Waals surface area contributed by atoms with Gasteiger partial charge in [0.15, 0.2) is 0 Å². The quantitative estimate of drug-likeness (QED) is 0.769. The summed E-state index contributed by atoms with van der Waals surface area (Å²) in [5.74, 6) is 0.0942. The molecule has 78 valence electrons. The van der Waals surface area contributed by atoms with Crippen LogP contribution in [0.4, 0.5) is 4.39 Å². The van der Waals surface area contributed by atoms with Gasteiger partial charge in [-0.15, -0.1) is 0 Å². The van der Waals surface area contributed by atoms with Gasteiger partial charge in [-0.2, -0.15) is 0 Å². The van der Waals surface area contributed by atoms with Crippen LogP contribution in [0, 0.1) is 5.82 Å². The molecule has 0 aliphatic heterocycles. The number of methoxy groups -OCH3 is 1. The molecule has 0 amide bonds. The SMILES string of the molecule is COc1ccc(F)c([C@@H](N)C(C)O)c1. The molecule has 0 saturated heterocycles. The van der Waals surface area contributed by atoms with E-state index < -0.39 is 18.0 Å². The first-order valence-electron chi connectivity index (χ1n) is 4.33. The molecule has 0 saturated carbocycles. The minimum absolute atomic E-state index is 0.263. The Labute approximate surface area is 82.3 Å². The highest BCUT2D eigenvalue weighted by Gasteiger charge is 2.16. The van der Waals surface area contributed by atoms with Crippen molar-refractivity contribution in [1.29, 1.82) is 0 Å². The van der Waals surface area contributed by atoms with Crippen LogP contribution in [0.2, 0.25) is 0 Å². The van der Waals surface area contributed by atoms with E-state index in [9.17, 15) is 9.50 Å². The molecule has 1 rings (SSSR count). The third-order valence-electron chi connectivity index (χ3n) is 2.08. The monoisotopic (exact) mass is 199 g/mol. The maximum absolute atomic E-state index is 13.3. The number of ether oxygens (including phenoxy) is 1. The van der Waals surface area contributed by atoms with Gasteiger partial charge in [-0.1, -0.05) is 0 Å². The van der Waals surface area contributed by atoms with Gasteiger partial charge in [0.2, 0.25) is 0 Å². The van der Waals surface area contributed by atoms with Crippen molar-refractivity contribution >= 4 is 0 Å². The van der Waals surface area contributed by atoms with Gasteiger partial charge < -0.3 is 15.6 Å². The van der Waals surface area contributed by atoms with Gasteiger partial charge in [0, 0.05) is 5.56 Å². The zero-order chi connectivity index (χ0) is 10.7. The van der Waals surface area contributed by atoms with Gasteiger partial charge in [0.05, 0.1) is 19.3 Å². The number of aliphatic hydroxyl groups is 1. The van der Waals surface area contributed by atoms with Crippen molar-refractivity contribution < 1.29 is 14.2 Å². The number of nitrogens with two attached hydrogens (primary N) is 1. The van der Waals surface area contributed by atoms with Crippen LogP contribution < -0.4 is 10.5 Å². The summed E-state index contributed by atoms with van der Waals surface area (Å²) in [5, 5.41) is 9.23. The molecule has 14 heavy (non-hydrogen) atoms. The average molecular weight is 199 g/mol. The lowest BCUT2D eigenvalue weighted by molar-refractivity contribution is 0.162. The molecular formula is C10H14FNO2. The summed E-state index contributed by atoms with van der Waals surface area (Å²) in [7, 11) is 1.49. The Hall–Kier alpha value is -1.13. The summed E-state index contributed by atoms with van der Waals surface area (Å²) in [4.78, 5) is 0. The molecule has 0 aliphatic carbocycles. The summed E-state index contributed by atoms with van der Waals surface area (Å²) in [6.45, 7) is 1.52. The van der Waals surface area contributed by atoms with Crippen molar-refractivity contribution in [1.82, 2.24) is 0 Å². The first kappa shape index (κ1) is 10.9. The molecule has 1 aromatic carbocycles. The van der Waals surface area contributed by atoms with Gasteiger partial charge in [-0.25, -0.2) is 4.39 Å². The summed E-state index contributed by atoms with van der Waals surface area (Å²) in [6, 6.07) is 3.54. The molecule has 0 spiro atoms. The van der Waals surface area contributed by atoms with Crippen LogP contribution in [0.1, 0.15) is 18.5 Å². The molecule has 0 aromatic heterocycles. The largest absolute Gasteiger partial charge is 0.497 e. The van der Waals surface area contributed by atoms with Crippen LogP contribution in [-0.2, 0) is 0 Å². The van der Waals surface area contributed by atoms with Gasteiger partial charge >= 0.3 is 0 Å². The van der Waals surface area contributed by atoms with E-state index in [1.54, 1.807) is 0 Å². The molecule has 0 fully saturated rings. The fourth-order valence-corrected chi connectivity index (χ4v) is 1.16. The lowest BCUT2D eigenvalue weighted by Crippen LogP contribution is -2.24. The standard InChI is InChI=1S/C10H14FNO2/c1-6(13)10(12)8-5-7(14-2)3-4-9(8)11/h3-6,10,13H,12H2,1-2H3/t6?,10-/m0/s1. The van der Waals surface area contributed by atoms with Crippen molar-refractivity contribution in [2.45, 2.75) is 19.1 Å². The lowest BCUT2D eigenvalue weighted by atomic mass is 10.0. The Morgan fingerprint density at radius 3 is 2.64 bits per heavy atom. The molecule has 0 heterocycles. The zero-order valence-corrected chi connectivity index (χ0v) is 8.20. The second-order valence-corrected chi connectivity index (χ2v) is 3.15. The zero-order valence-electron chi connectivity index (χ0n) is 8.20. The van der Waals surface area contributed by atoms with E-state index in [1.165, 1.54) is 32.2 Å². The van der Waals surface area contributed by atoms with Crippen molar-refractivity contribution in [3.8, 4) is 5.75 Å². The van der Waals surface area contributed by atoms with Crippen LogP contribution in [0.5, 0.6) is 5.75 Å². The maximum Gasteiger partial charge on any atom is 0.128 e. The molecular weight excluding hydrogens is 185 g/mol. The van der Waals surface area contributed by atoms with E-state index in [0.717, 1.165) is 0 Å². The van der Waals surface area contributed by atoms with E-state index in [2.05, 4.69) is 0 Å². The maximum atomic E-state index is 13.3. The van der Waals surface area contributed by atoms with Crippen molar-refractivity contribution in [2.75, 3.05) is 7.11 Å².